The number of thiophene rings is 1. The Labute approximate surface area is 178 Å². The molecule has 29 heavy (non-hydrogen) atoms. The highest BCUT2D eigenvalue weighted by Crippen LogP contribution is 2.41. The molecule has 2 aromatic rings. The van der Waals surface area contributed by atoms with E-state index in [1.807, 2.05) is 23.8 Å². The van der Waals surface area contributed by atoms with Gasteiger partial charge in [0.2, 0.25) is 0 Å². The molecule has 1 aliphatic carbocycles. The molecule has 8 heteroatoms. The fourth-order valence-corrected chi connectivity index (χ4v) is 3.84. The quantitative estimate of drug-likeness (QED) is 0.560. The Morgan fingerprint density at radius 2 is 2.00 bits per heavy atom. The second-order valence-corrected chi connectivity index (χ2v) is 8.30. The van der Waals surface area contributed by atoms with E-state index in [4.69, 9.17) is 4.74 Å². The smallest absolute Gasteiger partial charge is 0.279 e. The summed E-state index contributed by atoms with van der Waals surface area (Å²) < 4.78 is 33.4. The van der Waals surface area contributed by atoms with E-state index in [2.05, 4.69) is 11.1 Å². The molecule has 0 radical (unpaired) electrons. The maximum atomic E-state index is 13.8. The lowest BCUT2D eigenvalue weighted by atomic mass is 10.2. The summed E-state index contributed by atoms with van der Waals surface area (Å²) in [6.07, 6.45) is 6.02. The lowest BCUT2D eigenvalue weighted by molar-refractivity contribution is 0.0214. The van der Waals surface area contributed by atoms with Gasteiger partial charge in [-0.2, -0.15) is 0 Å². The molecule has 1 aromatic heterocycles. The summed E-state index contributed by atoms with van der Waals surface area (Å²) in [4.78, 5) is 12.8. The van der Waals surface area contributed by atoms with Crippen molar-refractivity contribution in [3.05, 3.63) is 57.6 Å². The van der Waals surface area contributed by atoms with Gasteiger partial charge in [-0.25, -0.2) is 8.78 Å². The summed E-state index contributed by atoms with van der Waals surface area (Å²) in [5.41, 5.74) is 4.50. The fourth-order valence-electron chi connectivity index (χ4n) is 2.60. The Balaban J connectivity index is 0.00000145. The molecule has 1 atom stereocenters. The van der Waals surface area contributed by atoms with Gasteiger partial charge in [-0.3, -0.25) is 4.79 Å². The van der Waals surface area contributed by atoms with Gasteiger partial charge < -0.3 is 15.8 Å². The van der Waals surface area contributed by atoms with Crippen LogP contribution in [-0.2, 0) is 5.92 Å². The SMILES string of the molecule is CN.CS/C=C/C(NC(=O)c1sc(C(C)(F)F)cc1Oc1ccccc1)C1CC1. The number of hydrogen-bond acceptors (Lipinski definition) is 5. The standard InChI is InChI=1S/C20H21F2NO2S2.CH5N/c1-20(21,22)17-12-16(25-14-6-4-3-5-7-14)18(27-17)19(24)23-15(10-11-26-2)13-8-9-13;1-2/h3-7,10-13,15H,8-9H2,1-2H3,(H,23,24);2H2,1H3/b11-10+;. The topological polar surface area (TPSA) is 64.3 Å². The van der Waals surface area contributed by atoms with E-state index in [1.54, 1.807) is 36.0 Å². The average Bonchev–Trinajstić information content (AvgIpc) is 3.46. The number of amides is 1. The van der Waals surface area contributed by atoms with Gasteiger partial charge in [0.1, 0.15) is 10.6 Å². The monoisotopic (exact) mass is 440 g/mol. The van der Waals surface area contributed by atoms with Crippen molar-refractivity contribution in [3.8, 4) is 11.5 Å². The summed E-state index contributed by atoms with van der Waals surface area (Å²) >= 11 is 2.33. The first-order valence-electron chi connectivity index (χ1n) is 9.21. The first kappa shape index (κ1) is 23.4. The molecule has 1 aliphatic rings. The zero-order valence-corrected chi connectivity index (χ0v) is 18.3. The van der Waals surface area contributed by atoms with Crippen LogP contribution in [0.4, 0.5) is 8.78 Å². The minimum atomic E-state index is -3.04. The van der Waals surface area contributed by atoms with E-state index in [0.717, 1.165) is 31.1 Å². The van der Waals surface area contributed by atoms with Gasteiger partial charge >= 0.3 is 0 Å². The number of rotatable bonds is 8. The Hall–Kier alpha value is -1.90. The van der Waals surface area contributed by atoms with Crippen LogP contribution in [0.2, 0.25) is 0 Å². The maximum Gasteiger partial charge on any atom is 0.279 e. The van der Waals surface area contributed by atoms with Crippen LogP contribution in [0.1, 0.15) is 34.3 Å². The number of carbonyl (C=O) groups excluding carboxylic acids is 1. The van der Waals surface area contributed by atoms with Gasteiger partial charge in [-0.05, 0) is 49.6 Å². The Morgan fingerprint density at radius 1 is 1.34 bits per heavy atom. The number of nitrogens with one attached hydrogen (secondary N) is 1. The third-order valence-electron chi connectivity index (χ3n) is 4.16. The van der Waals surface area contributed by atoms with Gasteiger partial charge in [-0.1, -0.05) is 24.3 Å². The molecule has 1 fully saturated rings. The number of alkyl halides is 2. The Bertz CT molecular complexity index is 816. The van der Waals surface area contributed by atoms with Gasteiger partial charge in [0.15, 0.2) is 5.75 Å². The van der Waals surface area contributed by atoms with E-state index in [9.17, 15) is 13.6 Å². The van der Waals surface area contributed by atoms with E-state index < -0.39 is 5.92 Å². The number of para-hydroxylation sites is 1. The van der Waals surface area contributed by atoms with Gasteiger partial charge in [0.25, 0.3) is 11.8 Å². The number of thioether (sulfide) groups is 1. The van der Waals surface area contributed by atoms with Crippen LogP contribution < -0.4 is 15.8 Å². The number of ether oxygens (including phenoxy) is 1. The predicted octanol–water partition coefficient (Wildman–Crippen LogP) is 5.61. The molecule has 3 N–H and O–H groups in total. The highest BCUT2D eigenvalue weighted by Gasteiger charge is 2.34. The second kappa shape index (κ2) is 10.8. The van der Waals surface area contributed by atoms with E-state index in [-0.39, 0.29) is 27.5 Å². The Morgan fingerprint density at radius 3 is 2.55 bits per heavy atom. The van der Waals surface area contributed by atoms with Crippen molar-refractivity contribution in [2.24, 2.45) is 11.7 Å². The molecule has 0 saturated heterocycles. The van der Waals surface area contributed by atoms with Crippen LogP contribution in [-0.4, -0.2) is 25.3 Å². The molecule has 1 saturated carbocycles. The maximum absolute atomic E-state index is 13.8. The molecule has 1 amide bonds. The van der Waals surface area contributed by atoms with Gasteiger partial charge in [0, 0.05) is 13.0 Å². The third kappa shape index (κ3) is 6.83. The average molecular weight is 441 g/mol. The number of carbonyl (C=O) groups is 1. The molecule has 0 bridgehead atoms. The van der Waals surface area contributed by atoms with E-state index >= 15 is 0 Å². The molecule has 3 rings (SSSR count). The molecule has 1 unspecified atom stereocenters. The zero-order valence-electron chi connectivity index (χ0n) is 16.7. The molecule has 1 aromatic carbocycles. The summed E-state index contributed by atoms with van der Waals surface area (Å²) in [6, 6.07) is 10.0. The van der Waals surface area contributed by atoms with Gasteiger partial charge in [0.05, 0.1) is 10.9 Å². The lowest BCUT2D eigenvalue weighted by Crippen LogP contribution is -2.34. The van der Waals surface area contributed by atoms with Crippen molar-refractivity contribution in [3.63, 3.8) is 0 Å². The molecular formula is C21H26F2N2O2S2. The molecule has 4 nitrogen and oxygen atoms in total. The van der Waals surface area contributed by atoms with Crippen LogP contribution in [0.25, 0.3) is 0 Å². The molecule has 158 valence electrons. The molecular weight excluding hydrogens is 414 g/mol. The van der Waals surface area contributed by atoms with Crippen molar-refractivity contribution in [2.75, 3.05) is 13.3 Å². The third-order valence-corrected chi connectivity index (χ3v) is 5.87. The largest absolute Gasteiger partial charge is 0.456 e. The van der Waals surface area contributed by atoms with E-state index in [0.29, 0.717) is 11.7 Å². The zero-order chi connectivity index (χ0) is 21.4. The van der Waals surface area contributed by atoms with Crippen molar-refractivity contribution >= 4 is 29.0 Å². The first-order valence-corrected chi connectivity index (χ1v) is 11.3. The lowest BCUT2D eigenvalue weighted by Gasteiger charge is -2.14. The van der Waals surface area contributed by atoms with E-state index in [1.165, 1.54) is 13.1 Å². The fraction of sp³-hybridized carbons (Fsp3) is 0.381. The van der Waals surface area contributed by atoms with Crippen LogP contribution >= 0.6 is 23.1 Å². The molecule has 0 aliphatic heterocycles. The summed E-state index contributed by atoms with van der Waals surface area (Å²) in [6.45, 7) is 0.820. The summed E-state index contributed by atoms with van der Waals surface area (Å²) in [7, 11) is 1.50. The summed E-state index contributed by atoms with van der Waals surface area (Å²) in [5, 5.41) is 4.90. The highest BCUT2D eigenvalue weighted by atomic mass is 32.2. The number of hydrogen-bond donors (Lipinski definition) is 2. The van der Waals surface area contributed by atoms with Crippen LogP contribution in [0.15, 0.2) is 47.9 Å². The molecule has 1 heterocycles. The van der Waals surface area contributed by atoms with Crippen molar-refractivity contribution in [1.29, 1.82) is 0 Å². The number of halogens is 2. The first-order chi connectivity index (χ1) is 13.9. The number of nitrogens with two attached hydrogens (primary N) is 1. The molecule has 0 spiro atoms. The van der Waals surface area contributed by atoms with Crippen molar-refractivity contribution in [2.45, 2.75) is 31.7 Å². The van der Waals surface area contributed by atoms with Crippen LogP contribution in [0, 0.1) is 5.92 Å². The van der Waals surface area contributed by atoms with Crippen molar-refractivity contribution in [1.82, 2.24) is 5.32 Å². The predicted molar refractivity (Wildman–Crippen MR) is 117 cm³/mol. The van der Waals surface area contributed by atoms with Gasteiger partial charge in [-0.15, -0.1) is 23.1 Å². The Kier molecular flexibility index (Phi) is 8.67. The number of benzene rings is 1. The van der Waals surface area contributed by atoms with Crippen LogP contribution in [0.3, 0.4) is 0 Å². The normalized spacial score (nSPS) is 14.8. The van der Waals surface area contributed by atoms with Crippen LogP contribution in [0.5, 0.6) is 11.5 Å². The summed E-state index contributed by atoms with van der Waals surface area (Å²) in [5.74, 6) is -2.36. The van der Waals surface area contributed by atoms with Crippen molar-refractivity contribution < 1.29 is 18.3 Å². The second-order valence-electron chi connectivity index (χ2n) is 6.51. The highest BCUT2D eigenvalue weighted by molar-refractivity contribution is 8.01. The minimum absolute atomic E-state index is 0.0952. The minimum Gasteiger partial charge on any atom is -0.456 e.